The van der Waals surface area contributed by atoms with Crippen LogP contribution in [-0.2, 0) is 24.1 Å². The fraction of sp³-hybridized carbons (Fsp3) is 0.467. The van der Waals surface area contributed by atoms with Crippen LogP contribution in [0.4, 0.5) is 5.69 Å². The number of nitrogens with one attached hydrogen (secondary N) is 2. The van der Waals surface area contributed by atoms with E-state index >= 15 is 0 Å². The summed E-state index contributed by atoms with van der Waals surface area (Å²) < 4.78 is 33.8. The van der Waals surface area contributed by atoms with Crippen molar-refractivity contribution in [3.05, 3.63) is 23.8 Å². The summed E-state index contributed by atoms with van der Waals surface area (Å²) in [4.78, 5) is 24.0. The summed E-state index contributed by atoms with van der Waals surface area (Å²) >= 11 is 0. The first-order chi connectivity index (χ1) is 11.3. The van der Waals surface area contributed by atoms with Crippen molar-refractivity contribution in [2.45, 2.75) is 17.9 Å². The number of ether oxygens (including phenoxy) is 2. The molecule has 9 heteroatoms. The number of esters is 1. The molecule has 0 aromatic heterocycles. The average molecular weight is 356 g/mol. The smallest absolute Gasteiger partial charge is 0.338 e. The molecular formula is C15H20N2O6S. The zero-order chi connectivity index (χ0) is 17.7. The third-order valence-electron chi connectivity index (χ3n) is 3.33. The van der Waals surface area contributed by atoms with Crippen LogP contribution >= 0.6 is 0 Å². The molecule has 1 unspecified atom stereocenters. The minimum absolute atomic E-state index is 0.0535. The number of benzene rings is 1. The molecule has 0 bridgehead atoms. The van der Waals surface area contributed by atoms with Crippen LogP contribution in [0.3, 0.4) is 0 Å². The summed E-state index contributed by atoms with van der Waals surface area (Å²) in [6, 6.07) is 3.90. The van der Waals surface area contributed by atoms with Gasteiger partial charge in [-0.15, -0.1) is 0 Å². The molecule has 132 valence electrons. The van der Waals surface area contributed by atoms with Crippen LogP contribution < -0.4 is 10.6 Å². The standard InChI is InChI=1S/C15H20N2O6S/c1-3-22-15(19)10-6-11(8-12(7-10)24(2,20)21)17-14(18)13-9-16-4-5-23-13/h6-8,13,16H,3-5,9H2,1-2H3,(H,17,18). The SMILES string of the molecule is CCOC(=O)c1cc(NC(=O)C2CNCCO2)cc(S(C)(=O)=O)c1. The van der Waals surface area contributed by atoms with Crippen LogP contribution in [-0.4, -0.2) is 59.0 Å². The van der Waals surface area contributed by atoms with E-state index in [1.165, 1.54) is 18.2 Å². The van der Waals surface area contributed by atoms with Crippen LogP contribution in [0, 0.1) is 0 Å². The van der Waals surface area contributed by atoms with Gasteiger partial charge in [-0.2, -0.15) is 0 Å². The first-order valence-electron chi connectivity index (χ1n) is 7.46. The summed E-state index contributed by atoms with van der Waals surface area (Å²) in [5.74, 6) is -1.07. The van der Waals surface area contributed by atoms with Gasteiger partial charge >= 0.3 is 5.97 Å². The Morgan fingerprint density at radius 2 is 2.12 bits per heavy atom. The highest BCUT2D eigenvalue weighted by Gasteiger charge is 2.23. The van der Waals surface area contributed by atoms with E-state index in [2.05, 4.69) is 10.6 Å². The van der Waals surface area contributed by atoms with Gasteiger partial charge in [-0.05, 0) is 25.1 Å². The minimum Gasteiger partial charge on any atom is -0.462 e. The van der Waals surface area contributed by atoms with Crippen LogP contribution in [0.2, 0.25) is 0 Å². The molecule has 2 N–H and O–H groups in total. The first kappa shape index (κ1) is 18.4. The zero-order valence-electron chi connectivity index (χ0n) is 13.5. The van der Waals surface area contributed by atoms with Gasteiger partial charge < -0.3 is 20.1 Å². The summed E-state index contributed by atoms with van der Waals surface area (Å²) in [6.45, 7) is 3.25. The molecule has 1 fully saturated rings. The number of carbonyl (C=O) groups is 2. The lowest BCUT2D eigenvalue weighted by atomic mass is 10.2. The summed E-state index contributed by atoms with van der Waals surface area (Å²) in [7, 11) is -3.56. The van der Waals surface area contributed by atoms with Gasteiger partial charge in [-0.1, -0.05) is 0 Å². The second kappa shape index (κ2) is 7.73. The molecule has 1 heterocycles. The zero-order valence-corrected chi connectivity index (χ0v) is 14.3. The molecule has 1 amide bonds. The van der Waals surface area contributed by atoms with E-state index in [9.17, 15) is 18.0 Å². The van der Waals surface area contributed by atoms with Gasteiger partial charge in [0.05, 0.1) is 23.7 Å². The van der Waals surface area contributed by atoms with Gasteiger partial charge in [0.1, 0.15) is 6.10 Å². The molecule has 1 aromatic rings. The number of hydrogen-bond donors (Lipinski definition) is 2. The number of hydrogen-bond acceptors (Lipinski definition) is 7. The Morgan fingerprint density at radius 1 is 1.38 bits per heavy atom. The lowest BCUT2D eigenvalue weighted by Gasteiger charge is -2.22. The van der Waals surface area contributed by atoms with Gasteiger partial charge in [0.15, 0.2) is 9.84 Å². The fourth-order valence-electron chi connectivity index (χ4n) is 2.17. The second-order valence-corrected chi connectivity index (χ2v) is 7.31. The van der Waals surface area contributed by atoms with Crippen LogP contribution in [0.15, 0.2) is 23.1 Å². The number of anilines is 1. The highest BCUT2D eigenvalue weighted by atomic mass is 32.2. The molecule has 0 spiro atoms. The average Bonchev–Trinajstić information content (AvgIpc) is 2.54. The van der Waals surface area contributed by atoms with Gasteiger partial charge in [-0.3, -0.25) is 4.79 Å². The topological polar surface area (TPSA) is 111 Å². The first-order valence-corrected chi connectivity index (χ1v) is 9.36. The van der Waals surface area contributed by atoms with Crippen molar-refractivity contribution in [2.75, 3.05) is 37.9 Å². The maximum Gasteiger partial charge on any atom is 0.338 e. The number of rotatable bonds is 5. The number of carbonyl (C=O) groups excluding carboxylic acids is 2. The van der Waals surface area contributed by atoms with Crippen molar-refractivity contribution in [3.8, 4) is 0 Å². The third-order valence-corrected chi connectivity index (χ3v) is 4.43. The van der Waals surface area contributed by atoms with E-state index in [4.69, 9.17) is 9.47 Å². The number of morpholine rings is 1. The maximum absolute atomic E-state index is 12.2. The van der Waals surface area contributed by atoms with E-state index in [0.717, 1.165) is 6.26 Å². The van der Waals surface area contributed by atoms with Gasteiger partial charge in [0.2, 0.25) is 0 Å². The quantitative estimate of drug-likeness (QED) is 0.725. The summed E-state index contributed by atoms with van der Waals surface area (Å²) in [6.07, 6.45) is 0.350. The molecular weight excluding hydrogens is 336 g/mol. The lowest BCUT2D eigenvalue weighted by molar-refractivity contribution is -0.128. The molecule has 0 saturated carbocycles. The predicted molar refractivity (Wildman–Crippen MR) is 86.7 cm³/mol. The normalized spacial score (nSPS) is 18.0. The molecule has 2 rings (SSSR count). The Kier molecular flexibility index (Phi) is 5.92. The Labute approximate surface area is 140 Å². The molecule has 0 aliphatic carbocycles. The van der Waals surface area contributed by atoms with E-state index < -0.39 is 27.8 Å². The number of sulfone groups is 1. The van der Waals surface area contributed by atoms with E-state index in [1.54, 1.807) is 6.92 Å². The van der Waals surface area contributed by atoms with Crippen molar-refractivity contribution in [1.29, 1.82) is 0 Å². The van der Waals surface area contributed by atoms with Gasteiger partial charge in [0, 0.05) is 25.0 Å². The van der Waals surface area contributed by atoms with E-state index in [-0.39, 0.29) is 22.8 Å². The molecule has 1 aliphatic heterocycles. The largest absolute Gasteiger partial charge is 0.462 e. The fourth-order valence-corrected chi connectivity index (χ4v) is 2.86. The monoisotopic (exact) mass is 356 g/mol. The highest BCUT2D eigenvalue weighted by molar-refractivity contribution is 7.90. The van der Waals surface area contributed by atoms with Crippen LogP contribution in [0.5, 0.6) is 0 Å². The molecule has 8 nitrogen and oxygen atoms in total. The maximum atomic E-state index is 12.2. The van der Waals surface area contributed by atoms with Gasteiger partial charge in [0.25, 0.3) is 5.91 Å². The predicted octanol–water partition coefficient (Wildman–Crippen LogP) is 0.194. The molecule has 1 atom stereocenters. The number of amides is 1. The van der Waals surface area contributed by atoms with Gasteiger partial charge in [-0.25, -0.2) is 13.2 Å². The highest BCUT2D eigenvalue weighted by Crippen LogP contribution is 2.20. The Bertz CT molecular complexity index is 725. The minimum atomic E-state index is -3.56. The van der Waals surface area contributed by atoms with Crippen molar-refractivity contribution in [3.63, 3.8) is 0 Å². The Morgan fingerprint density at radius 3 is 2.71 bits per heavy atom. The molecule has 24 heavy (non-hydrogen) atoms. The molecule has 0 radical (unpaired) electrons. The summed E-state index contributed by atoms with van der Waals surface area (Å²) in [5.41, 5.74) is 0.248. The van der Waals surface area contributed by atoms with Crippen LogP contribution in [0.25, 0.3) is 0 Å². The van der Waals surface area contributed by atoms with Crippen molar-refractivity contribution in [2.24, 2.45) is 0 Å². The second-order valence-electron chi connectivity index (χ2n) is 5.29. The third kappa shape index (κ3) is 4.76. The molecule has 1 aromatic carbocycles. The van der Waals surface area contributed by atoms with Crippen LogP contribution in [0.1, 0.15) is 17.3 Å². The Balaban J connectivity index is 2.28. The van der Waals surface area contributed by atoms with E-state index in [1.807, 2.05) is 0 Å². The van der Waals surface area contributed by atoms with E-state index in [0.29, 0.717) is 19.7 Å². The lowest BCUT2D eigenvalue weighted by Crippen LogP contribution is -2.45. The molecule has 1 aliphatic rings. The summed E-state index contributed by atoms with van der Waals surface area (Å²) in [5, 5.41) is 5.61. The van der Waals surface area contributed by atoms with Crippen molar-refractivity contribution < 1.29 is 27.5 Å². The van der Waals surface area contributed by atoms with Crippen molar-refractivity contribution >= 4 is 27.4 Å². The Hall–Kier alpha value is -1.97. The molecule has 1 saturated heterocycles. The van der Waals surface area contributed by atoms with Crippen molar-refractivity contribution in [1.82, 2.24) is 5.32 Å².